The van der Waals surface area contributed by atoms with Crippen LogP contribution in [0.15, 0.2) is 35.4 Å². The van der Waals surface area contributed by atoms with Gasteiger partial charge in [-0.15, -0.1) is 0 Å². The van der Waals surface area contributed by atoms with Gasteiger partial charge in [0.25, 0.3) is 5.56 Å². The van der Waals surface area contributed by atoms with Crippen LogP contribution in [0.2, 0.25) is 0 Å². The lowest BCUT2D eigenvalue weighted by atomic mass is 9.95. The third-order valence-corrected chi connectivity index (χ3v) is 3.77. The molecule has 1 aromatic carbocycles. The molecule has 3 nitrogen and oxygen atoms in total. The Labute approximate surface area is 101 Å². The fraction of sp³-hybridized carbons (Fsp3) is 0.429. The number of aromatic nitrogens is 2. The summed E-state index contributed by atoms with van der Waals surface area (Å²) in [6, 6.07) is 7.49. The van der Waals surface area contributed by atoms with Gasteiger partial charge < -0.3 is 0 Å². The molecule has 2 aromatic rings. The lowest BCUT2D eigenvalue weighted by Gasteiger charge is -2.29. The summed E-state index contributed by atoms with van der Waals surface area (Å²) in [7, 11) is 0. The lowest BCUT2D eigenvalue weighted by molar-refractivity contribution is 0.284. The quantitative estimate of drug-likeness (QED) is 0.812. The van der Waals surface area contributed by atoms with Crippen LogP contribution in [-0.2, 0) is 5.54 Å². The molecule has 1 aromatic heterocycles. The van der Waals surface area contributed by atoms with Crippen LogP contribution in [0.4, 0.5) is 0 Å². The summed E-state index contributed by atoms with van der Waals surface area (Å²) in [6.45, 7) is 6.31. The highest BCUT2D eigenvalue weighted by atomic mass is 16.1. The second-order valence-corrected chi connectivity index (χ2v) is 4.64. The summed E-state index contributed by atoms with van der Waals surface area (Å²) in [5.41, 5.74) is 0.679. The van der Waals surface area contributed by atoms with Gasteiger partial charge in [-0.2, -0.15) is 0 Å². The predicted octanol–water partition coefficient (Wildman–Crippen LogP) is 2.93. The van der Waals surface area contributed by atoms with Gasteiger partial charge in [0, 0.05) is 5.54 Å². The van der Waals surface area contributed by atoms with E-state index in [-0.39, 0.29) is 11.1 Å². The van der Waals surface area contributed by atoms with Crippen molar-refractivity contribution in [2.45, 2.75) is 39.2 Å². The molecule has 0 saturated heterocycles. The second-order valence-electron chi connectivity index (χ2n) is 4.64. The van der Waals surface area contributed by atoms with Crippen LogP contribution < -0.4 is 5.56 Å². The normalized spacial score (nSPS) is 11.9. The van der Waals surface area contributed by atoms with Crippen molar-refractivity contribution in [3.05, 3.63) is 40.9 Å². The fourth-order valence-electron chi connectivity index (χ4n) is 2.04. The fourth-order valence-corrected chi connectivity index (χ4v) is 2.04. The van der Waals surface area contributed by atoms with Gasteiger partial charge in [-0.3, -0.25) is 9.36 Å². The number of para-hydroxylation sites is 1. The van der Waals surface area contributed by atoms with E-state index in [1.54, 1.807) is 10.9 Å². The van der Waals surface area contributed by atoms with E-state index in [0.717, 1.165) is 18.4 Å². The predicted molar refractivity (Wildman–Crippen MR) is 70.2 cm³/mol. The average molecular weight is 230 g/mol. The van der Waals surface area contributed by atoms with Crippen molar-refractivity contribution < 1.29 is 0 Å². The van der Waals surface area contributed by atoms with Crippen LogP contribution in [0, 0.1) is 0 Å². The minimum absolute atomic E-state index is 0.0572. The summed E-state index contributed by atoms with van der Waals surface area (Å²) in [5.74, 6) is 0. The molecule has 0 bridgehead atoms. The first-order valence-electron chi connectivity index (χ1n) is 6.09. The molecule has 3 heteroatoms. The van der Waals surface area contributed by atoms with E-state index in [1.807, 2.05) is 24.3 Å². The van der Waals surface area contributed by atoms with Crippen LogP contribution in [0.3, 0.4) is 0 Å². The highest BCUT2D eigenvalue weighted by molar-refractivity contribution is 5.76. The van der Waals surface area contributed by atoms with E-state index in [4.69, 9.17) is 0 Å². The Balaban J connectivity index is 2.73. The van der Waals surface area contributed by atoms with E-state index < -0.39 is 0 Å². The van der Waals surface area contributed by atoms with Crippen LogP contribution >= 0.6 is 0 Å². The Morgan fingerprint density at radius 1 is 1.24 bits per heavy atom. The van der Waals surface area contributed by atoms with Crippen molar-refractivity contribution in [1.29, 1.82) is 0 Å². The molecule has 0 aliphatic rings. The molecule has 0 spiro atoms. The zero-order valence-corrected chi connectivity index (χ0v) is 10.6. The van der Waals surface area contributed by atoms with Gasteiger partial charge in [-0.05, 0) is 31.9 Å². The number of hydrogen-bond donors (Lipinski definition) is 0. The van der Waals surface area contributed by atoms with E-state index in [9.17, 15) is 4.79 Å². The first-order chi connectivity index (χ1) is 8.12. The first kappa shape index (κ1) is 11.8. The van der Waals surface area contributed by atoms with Crippen LogP contribution in [0.25, 0.3) is 10.9 Å². The zero-order valence-electron chi connectivity index (χ0n) is 10.6. The molecule has 0 saturated carbocycles. The number of rotatable bonds is 3. The minimum atomic E-state index is -0.145. The molecule has 0 amide bonds. The molecule has 0 radical (unpaired) electrons. The summed E-state index contributed by atoms with van der Waals surface area (Å²) in [5, 5.41) is 0.697. The molecule has 0 unspecified atom stereocenters. The van der Waals surface area contributed by atoms with Gasteiger partial charge in [0.2, 0.25) is 0 Å². The molecule has 1 heterocycles. The Morgan fingerprint density at radius 3 is 2.53 bits per heavy atom. The Hall–Kier alpha value is -1.64. The Kier molecular flexibility index (Phi) is 3.01. The summed E-state index contributed by atoms with van der Waals surface area (Å²) < 4.78 is 1.77. The minimum Gasteiger partial charge on any atom is -0.293 e. The SMILES string of the molecule is CCC(C)(CC)n1cnc2ccccc2c1=O. The third kappa shape index (κ3) is 1.86. The summed E-state index contributed by atoms with van der Waals surface area (Å²) in [6.07, 6.45) is 3.52. The van der Waals surface area contributed by atoms with Crippen LogP contribution in [0.1, 0.15) is 33.6 Å². The highest BCUT2D eigenvalue weighted by Gasteiger charge is 2.23. The number of benzene rings is 1. The van der Waals surface area contributed by atoms with Crippen LogP contribution in [0.5, 0.6) is 0 Å². The van der Waals surface area contributed by atoms with E-state index in [0.29, 0.717) is 5.39 Å². The number of fused-ring (bicyclic) bond motifs is 1. The van der Waals surface area contributed by atoms with Gasteiger partial charge in [0.15, 0.2) is 0 Å². The molecule has 17 heavy (non-hydrogen) atoms. The molecule has 0 N–H and O–H groups in total. The smallest absolute Gasteiger partial charge is 0.261 e. The second kappa shape index (κ2) is 4.32. The molecular formula is C14H18N2O. The van der Waals surface area contributed by atoms with E-state index >= 15 is 0 Å². The van der Waals surface area contributed by atoms with Gasteiger partial charge >= 0.3 is 0 Å². The molecule has 2 rings (SSSR count). The van der Waals surface area contributed by atoms with E-state index in [2.05, 4.69) is 25.8 Å². The van der Waals surface area contributed by atoms with Gasteiger partial charge in [0.05, 0.1) is 17.2 Å². The van der Waals surface area contributed by atoms with Gasteiger partial charge in [0.1, 0.15) is 0 Å². The average Bonchev–Trinajstić information content (AvgIpc) is 2.38. The number of hydrogen-bond acceptors (Lipinski definition) is 2. The highest BCUT2D eigenvalue weighted by Crippen LogP contribution is 2.22. The Morgan fingerprint density at radius 2 is 1.88 bits per heavy atom. The van der Waals surface area contributed by atoms with Crippen molar-refractivity contribution in [3.8, 4) is 0 Å². The Bertz CT molecular complexity index is 582. The van der Waals surface area contributed by atoms with Crippen LogP contribution in [-0.4, -0.2) is 9.55 Å². The molecule has 0 atom stereocenters. The molecular weight excluding hydrogens is 212 g/mol. The summed E-state index contributed by atoms with van der Waals surface area (Å²) >= 11 is 0. The van der Waals surface area contributed by atoms with Crippen molar-refractivity contribution in [3.63, 3.8) is 0 Å². The largest absolute Gasteiger partial charge is 0.293 e. The zero-order chi connectivity index (χ0) is 12.5. The third-order valence-electron chi connectivity index (χ3n) is 3.77. The van der Waals surface area contributed by atoms with Crippen molar-refractivity contribution in [1.82, 2.24) is 9.55 Å². The van der Waals surface area contributed by atoms with Crippen molar-refractivity contribution >= 4 is 10.9 Å². The number of nitrogens with zero attached hydrogens (tertiary/aromatic N) is 2. The first-order valence-corrected chi connectivity index (χ1v) is 6.09. The van der Waals surface area contributed by atoms with E-state index in [1.165, 1.54) is 0 Å². The van der Waals surface area contributed by atoms with Crippen molar-refractivity contribution in [2.75, 3.05) is 0 Å². The van der Waals surface area contributed by atoms with Gasteiger partial charge in [-0.1, -0.05) is 26.0 Å². The molecule has 0 fully saturated rings. The standard InChI is InChI=1S/C14H18N2O/c1-4-14(3,5-2)16-10-15-12-9-7-6-8-11(12)13(16)17/h6-10H,4-5H2,1-3H3. The molecule has 0 aliphatic carbocycles. The molecule has 0 aliphatic heterocycles. The maximum atomic E-state index is 12.4. The maximum absolute atomic E-state index is 12.4. The topological polar surface area (TPSA) is 34.9 Å². The maximum Gasteiger partial charge on any atom is 0.261 e. The monoisotopic (exact) mass is 230 g/mol. The lowest BCUT2D eigenvalue weighted by Crippen LogP contribution is -2.37. The summed E-state index contributed by atoms with van der Waals surface area (Å²) in [4.78, 5) is 16.8. The molecule has 90 valence electrons. The van der Waals surface area contributed by atoms with Gasteiger partial charge in [-0.25, -0.2) is 4.98 Å². The van der Waals surface area contributed by atoms with Crippen molar-refractivity contribution in [2.24, 2.45) is 0 Å².